The van der Waals surface area contributed by atoms with Crippen molar-refractivity contribution in [3.63, 3.8) is 0 Å². The van der Waals surface area contributed by atoms with Crippen LogP contribution in [0.2, 0.25) is 5.02 Å². The van der Waals surface area contributed by atoms with Gasteiger partial charge in [0, 0.05) is 33.3 Å². The SMILES string of the molecule is CCOC1CCN(Cc2nc(NC)ccc2Cl)CC1. The van der Waals surface area contributed by atoms with Gasteiger partial charge in [-0.1, -0.05) is 11.6 Å². The minimum absolute atomic E-state index is 0.424. The zero-order valence-corrected chi connectivity index (χ0v) is 12.4. The highest BCUT2D eigenvalue weighted by Gasteiger charge is 2.20. The Morgan fingerprint density at radius 1 is 1.42 bits per heavy atom. The normalized spacial score (nSPS) is 17.6. The lowest BCUT2D eigenvalue weighted by molar-refractivity contribution is 0.0123. The van der Waals surface area contributed by atoms with Gasteiger partial charge in [-0.05, 0) is 31.9 Å². The van der Waals surface area contributed by atoms with Crippen molar-refractivity contribution >= 4 is 17.4 Å². The van der Waals surface area contributed by atoms with E-state index in [9.17, 15) is 0 Å². The van der Waals surface area contributed by atoms with Gasteiger partial charge in [0.1, 0.15) is 5.82 Å². The highest BCUT2D eigenvalue weighted by molar-refractivity contribution is 6.31. The number of hydrogen-bond donors (Lipinski definition) is 1. The van der Waals surface area contributed by atoms with Gasteiger partial charge in [-0.15, -0.1) is 0 Å². The predicted octanol–water partition coefficient (Wildman–Crippen LogP) is 2.78. The second kappa shape index (κ2) is 7.08. The van der Waals surface area contributed by atoms with E-state index in [4.69, 9.17) is 16.3 Å². The minimum Gasteiger partial charge on any atom is -0.378 e. The maximum atomic E-state index is 6.21. The second-order valence-electron chi connectivity index (χ2n) is 4.81. The molecule has 19 heavy (non-hydrogen) atoms. The summed E-state index contributed by atoms with van der Waals surface area (Å²) in [5.74, 6) is 0.864. The van der Waals surface area contributed by atoms with Crippen LogP contribution in [0.4, 0.5) is 5.82 Å². The van der Waals surface area contributed by atoms with Gasteiger partial charge in [-0.3, -0.25) is 4.90 Å². The van der Waals surface area contributed by atoms with E-state index in [0.717, 1.165) is 55.6 Å². The van der Waals surface area contributed by atoms with Crippen molar-refractivity contribution in [2.24, 2.45) is 0 Å². The van der Waals surface area contributed by atoms with Crippen molar-refractivity contribution in [2.45, 2.75) is 32.4 Å². The van der Waals surface area contributed by atoms with Crippen molar-refractivity contribution in [3.05, 3.63) is 22.8 Å². The first kappa shape index (κ1) is 14.6. The van der Waals surface area contributed by atoms with Crippen molar-refractivity contribution in [1.29, 1.82) is 0 Å². The van der Waals surface area contributed by atoms with E-state index in [0.29, 0.717) is 6.10 Å². The highest BCUT2D eigenvalue weighted by Crippen LogP contribution is 2.21. The standard InChI is InChI=1S/C14H22ClN3O/c1-3-19-11-6-8-18(9-7-11)10-13-12(15)4-5-14(16-2)17-13/h4-5,11H,3,6-10H2,1-2H3,(H,16,17). The van der Waals surface area contributed by atoms with Crippen LogP contribution in [0.3, 0.4) is 0 Å². The summed E-state index contributed by atoms with van der Waals surface area (Å²) in [5.41, 5.74) is 0.948. The molecule has 4 nitrogen and oxygen atoms in total. The molecule has 0 aromatic carbocycles. The molecule has 0 atom stereocenters. The van der Waals surface area contributed by atoms with Crippen LogP contribution in [-0.4, -0.2) is 42.7 Å². The van der Waals surface area contributed by atoms with Crippen LogP contribution in [0.1, 0.15) is 25.5 Å². The summed E-state index contributed by atoms with van der Waals surface area (Å²) >= 11 is 6.21. The molecule has 1 fully saturated rings. The van der Waals surface area contributed by atoms with Gasteiger partial charge in [-0.25, -0.2) is 4.98 Å². The van der Waals surface area contributed by atoms with Gasteiger partial charge in [0.2, 0.25) is 0 Å². The minimum atomic E-state index is 0.424. The van der Waals surface area contributed by atoms with Crippen molar-refractivity contribution in [3.8, 4) is 0 Å². The Balaban J connectivity index is 1.91. The van der Waals surface area contributed by atoms with Gasteiger partial charge >= 0.3 is 0 Å². The van der Waals surface area contributed by atoms with Crippen LogP contribution in [0, 0.1) is 0 Å². The number of anilines is 1. The fourth-order valence-electron chi connectivity index (χ4n) is 2.42. The molecule has 0 spiro atoms. The molecule has 0 saturated carbocycles. The van der Waals surface area contributed by atoms with Crippen LogP contribution in [-0.2, 0) is 11.3 Å². The molecule has 1 saturated heterocycles. The summed E-state index contributed by atoms with van der Waals surface area (Å²) in [5, 5.41) is 3.79. The first-order valence-corrected chi connectivity index (χ1v) is 7.28. The molecular formula is C14H22ClN3O. The molecule has 0 aliphatic carbocycles. The number of nitrogens with one attached hydrogen (secondary N) is 1. The third-order valence-corrected chi connectivity index (χ3v) is 3.83. The number of halogens is 1. The fourth-order valence-corrected chi connectivity index (χ4v) is 2.58. The Labute approximate surface area is 120 Å². The van der Waals surface area contributed by atoms with Gasteiger partial charge in [0.25, 0.3) is 0 Å². The van der Waals surface area contributed by atoms with Crippen LogP contribution in [0.25, 0.3) is 0 Å². The molecule has 2 rings (SSSR count). The predicted molar refractivity (Wildman–Crippen MR) is 78.7 cm³/mol. The Morgan fingerprint density at radius 3 is 2.79 bits per heavy atom. The Kier molecular flexibility index (Phi) is 5.43. The number of piperidine rings is 1. The maximum Gasteiger partial charge on any atom is 0.126 e. The summed E-state index contributed by atoms with van der Waals surface area (Å²) in [6.45, 7) is 5.77. The molecule has 0 amide bonds. The summed E-state index contributed by atoms with van der Waals surface area (Å²) in [6, 6.07) is 3.80. The topological polar surface area (TPSA) is 37.4 Å². The number of rotatable bonds is 5. The van der Waals surface area contributed by atoms with Gasteiger partial charge in [0.05, 0.1) is 16.8 Å². The fraction of sp³-hybridized carbons (Fsp3) is 0.643. The molecule has 0 radical (unpaired) electrons. The number of nitrogens with zero attached hydrogens (tertiary/aromatic N) is 2. The molecule has 106 valence electrons. The lowest BCUT2D eigenvalue weighted by atomic mass is 10.1. The van der Waals surface area contributed by atoms with E-state index >= 15 is 0 Å². The zero-order chi connectivity index (χ0) is 13.7. The Hall–Kier alpha value is -0.840. The largest absolute Gasteiger partial charge is 0.378 e. The number of aromatic nitrogens is 1. The zero-order valence-electron chi connectivity index (χ0n) is 11.7. The summed E-state index contributed by atoms with van der Waals surface area (Å²) in [4.78, 5) is 6.92. The molecule has 1 aromatic heterocycles. The lowest BCUT2D eigenvalue weighted by Gasteiger charge is -2.31. The third-order valence-electron chi connectivity index (χ3n) is 3.49. The molecule has 2 heterocycles. The van der Waals surface area contributed by atoms with E-state index in [2.05, 4.69) is 22.1 Å². The number of likely N-dealkylation sites (tertiary alicyclic amines) is 1. The quantitative estimate of drug-likeness (QED) is 0.902. The van der Waals surface area contributed by atoms with Crippen LogP contribution >= 0.6 is 11.6 Å². The molecular weight excluding hydrogens is 262 g/mol. The van der Waals surface area contributed by atoms with Crippen LogP contribution in [0.5, 0.6) is 0 Å². The molecule has 1 aromatic rings. The van der Waals surface area contributed by atoms with E-state index in [1.165, 1.54) is 0 Å². The summed E-state index contributed by atoms with van der Waals surface area (Å²) in [6.07, 6.45) is 2.61. The monoisotopic (exact) mass is 283 g/mol. The Morgan fingerprint density at radius 2 is 2.16 bits per heavy atom. The average molecular weight is 284 g/mol. The van der Waals surface area contributed by atoms with Crippen molar-refractivity contribution < 1.29 is 4.74 Å². The van der Waals surface area contributed by atoms with E-state index in [1.54, 1.807) is 0 Å². The van der Waals surface area contributed by atoms with E-state index in [-0.39, 0.29) is 0 Å². The smallest absolute Gasteiger partial charge is 0.126 e. The third kappa shape index (κ3) is 4.06. The molecule has 1 aliphatic heterocycles. The van der Waals surface area contributed by atoms with Crippen molar-refractivity contribution in [2.75, 3.05) is 32.1 Å². The van der Waals surface area contributed by atoms with Crippen LogP contribution in [0.15, 0.2) is 12.1 Å². The van der Waals surface area contributed by atoms with E-state index < -0.39 is 0 Å². The van der Waals surface area contributed by atoms with E-state index in [1.807, 2.05) is 19.2 Å². The van der Waals surface area contributed by atoms with Crippen molar-refractivity contribution in [1.82, 2.24) is 9.88 Å². The molecule has 0 unspecified atom stereocenters. The molecule has 1 N–H and O–H groups in total. The van der Waals surface area contributed by atoms with Gasteiger partial charge in [0.15, 0.2) is 0 Å². The lowest BCUT2D eigenvalue weighted by Crippen LogP contribution is -2.36. The first-order valence-electron chi connectivity index (χ1n) is 6.90. The van der Waals surface area contributed by atoms with Gasteiger partial charge in [-0.2, -0.15) is 0 Å². The Bertz CT molecular complexity index is 406. The number of ether oxygens (including phenoxy) is 1. The number of hydrogen-bond acceptors (Lipinski definition) is 4. The number of pyridine rings is 1. The molecule has 1 aliphatic rings. The van der Waals surface area contributed by atoms with Gasteiger partial charge < -0.3 is 10.1 Å². The summed E-state index contributed by atoms with van der Waals surface area (Å²) in [7, 11) is 1.87. The maximum absolute atomic E-state index is 6.21. The first-order chi connectivity index (χ1) is 9.22. The highest BCUT2D eigenvalue weighted by atomic mass is 35.5. The molecule has 5 heteroatoms. The second-order valence-corrected chi connectivity index (χ2v) is 5.21. The van der Waals surface area contributed by atoms with Crippen LogP contribution < -0.4 is 5.32 Å². The summed E-state index contributed by atoms with van der Waals surface area (Å²) < 4.78 is 5.66. The average Bonchev–Trinajstić information content (AvgIpc) is 2.44. The molecule has 0 bridgehead atoms.